The first-order valence-electron chi connectivity index (χ1n) is 10.5. The minimum absolute atomic E-state index is 1.29. The highest BCUT2D eigenvalue weighted by Crippen LogP contribution is 2.42. The molecule has 0 aliphatic carbocycles. The van der Waals surface area contributed by atoms with Gasteiger partial charge in [0, 0.05) is 0 Å². The first-order chi connectivity index (χ1) is 14.9. The predicted octanol–water partition coefficient (Wildman–Crippen LogP) is 8.61. The lowest BCUT2D eigenvalue weighted by Crippen LogP contribution is -1.87. The van der Waals surface area contributed by atoms with Gasteiger partial charge in [0.15, 0.2) is 0 Å². The molecule has 0 heteroatoms. The van der Waals surface area contributed by atoms with E-state index in [0.29, 0.717) is 0 Å². The lowest BCUT2D eigenvalue weighted by atomic mass is 9.88. The van der Waals surface area contributed by atoms with Crippen LogP contribution in [0.1, 0.15) is 0 Å². The van der Waals surface area contributed by atoms with E-state index in [1.165, 1.54) is 64.6 Å². The molecule has 0 aliphatic heterocycles. The summed E-state index contributed by atoms with van der Waals surface area (Å²) in [7, 11) is 0. The van der Waals surface area contributed by atoms with E-state index >= 15 is 0 Å². The van der Waals surface area contributed by atoms with Gasteiger partial charge in [-0.15, -0.1) is 0 Å². The van der Waals surface area contributed by atoms with Crippen LogP contribution in [-0.4, -0.2) is 0 Å². The van der Waals surface area contributed by atoms with Gasteiger partial charge in [0.25, 0.3) is 0 Å². The van der Waals surface area contributed by atoms with Gasteiger partial charge in [-0.1, -0.05) is 109 Å². The van der Waals surface area contributed by atoms with E-state index < -0.39 is 0 Å². The first kappa shape index (κ1) is 16.0. The van der Waals surface area contributed by atoms with Crippen molar-refractivity contribution >= 4 is 64.6 Å². The average Bonchev–Trinajstić information content (AvgIpc) is 2.83. The van der Waals surface area contributed by atoms with Gasteiger partial charge in [-0.05, 0) is 64.6 Å². The fourth-order valence-corrected chi connectivity index (χ4v) is 5.31. The normalized spacial score (nSPS) is 12.0. The summed E-state index contributed by atoms with van der Waals surface area (Å²) in [5, 5.41) is 15.9. The molecule has 7 aromatic carbocycles. The molecule has 30 heavy (non-hydrogen) atoms. The Morgan fingerprint density at radius 3 is 1.37 bits per heavy atom. The molecule has 0 aromatic heterocycles. The van der Waals surface area contributed by atoms with Crippen LogP contribution in [0.5, 0.6) is 0 Å². The molecule has 0 saturated heterocycles. The summed E-state index contributed by atoms with van der Waals surface area (Å²) in [5.74, 6) is 0. The molecule has 0 spiro atoms. The Balaban J connectivity index is 1.91. The van der Waals surface area contributed by atoms with Crippen molar-refractivity contribution in [3.63, 3.8) is 0 Å². The zero-order valence-electron chi connectivity index (χ0n) is 16.4. The van der Waals surface area contributed by atoms with Crippen molar-refractivity contribution in [3.8, 4) is 0 Å². The second kappa shape index (κ2) is 5.81. The Kier molecular flexibility index (Phi) is 3.09. The molecular formula is C30H18. The number of hydrogen-bond donors (Lipinski definition) is 0. The van der Waals surface area contributed by atoms with Crippen molar-refractivity contribution < 1.29 is 0 Å². The minimum atomic E-state index is 1.29. The number of fused-ring (bicyclic) bond motifs is 12. The van der Waals surface area contributed by atoms with E-state index in [9.17, 15) is 0 Å². The van der Waals surface area contributed by atoms with Crippen LogP contribution in [0, 0.1) is 0 Å². The average molecular weight is 378 g/mol. The van der Waals surface area contributed by atoms with E-state index in [0.717, 1.165) is 0 Å². The number of benzene rings is 7. The highest BCUT2D eigenvalue weighted by atomic mass is 14.2. The molecule has 0 saturated carbocycles. The monoisotopic (exact) mass is 378 g/mol. The standard InChI is InChI=1S/C30H18/c1-2-8-22-19(7-1)13-14-20-15-16-21-17-18-27-25-11-4-3-9-23(25)24-10-5-6-12-26(24)30(27)29(21)28(20)22/h1-18H. The van der Waals surface area contributed by atoms with E-state index in [1.807, 2.05) is 0 Å². The molecule has 0 atom stereocenters. The summed E-state index contributed by atoms with van der Waals surface area (Å²) in [4.78, 5) is 0. The fourth-order valence-electron chi connectivity index (χ4n) is 5.31. The highest BCUT2D eigenvalue weighted by molar-refractivity contribution is 6.37. The van der Waals surface area contributed by atoms with Crippen LogP contribution in [0.25, 0.3) is 64.6 Å². The predicted molar refractivity (Wildman–Crippen MR) is 131 cm³/mol. The van der Waals surface area contributed by atoms with Gasteiger partial charge < -0.3 is 0 Å². The van der Waals surface area contributed by atoms with Gasteiger partial charge in [-0.25, -0.2) is 0 Å². The molecule has 0 amide bonds. The third kappa shape index (κ3) is 2.00. The van der Waals surface area contributed by atoms with Crippen molar-refractivity contribution in [2.45, 2.75) is 0 Å². The van der Waals surface area contributed by atoms with Crippen LogP contribution in [0.15, 0.2) is 109 Å². The second-order valence-corrected chi connectivity index (χ2v) is 8.13. The Morgan fingerprint density at radius 1 is 0.233 bits per heavy atom. The van der Waals surface area contributed by atoms with Crippen molar-refractivity contribution in [3.05, 3.63) is 109 Å². The van der Waals surface area contributed by atoms with E-state index in [4.69, 9.17) is 0 Å². The van der Waals surface area contributed by atoms with Gasteiger partial charge in [0.2, 0.25) is 0 Å². The third-order valence-corrected chi connectivity index (χ3v) is 6.60. The maximum atomic E-state index is 2.31. The van der Waals surface area contributed by atoms with Crippen molar-refractivity contribution in [1.82, 2.24) is 0 Å². The van der Waals surface area contributed by atoms with Crippen LogP contribution in [0.2, 0.25) is 0 Å². The molecule has 0 radical (unpaired) electrons. The summed E-state index contributed by atoms with van der Waals surface area (Å²) in [5.41, 5.74) is 0. The van der Waals surface area contributed by atoms with E-state index in [2.05, 4.69) is 109 Å². The largest absolute Gasteiger partial charge is 0.0616 e. The van der Waals surface area contributed by atoms with E-state index in [1.54, 1.807) is 0 Å². The number of rotatable bonds is 0. The van der Waals surface area contributed by atoms with Crippen LogP contribution in [-0.2, 0) is 0 Å². The molecular weight excluding hydrogens is 360 g/mol. The quantitative estimate of drug-likeness (QED) is 0.232. The molecule has 0 heterocycles. The lowest BCUT2D eigenvalue weighted by Gasteiger charge is -2.15. The van der Waals surface area contributed by atoms with Crippen LogP contribution in [0.4, 0.5) is 0 Å². The Morgan fingerprint density at radius 2 is 0.667 bits per heavy atom. The Bertz CT molecular complexity index is 1740. The highest BCUT2D eigenvalue weighted by Gasteiger charge is 2.14. The molecule has 0 fully saturated rings. The Hall–Kier alpha value is -3.90. The van der Waals surface area contributed by atoms with Crippen LogP contribution >= 0.6 is 0 Å². The van der Waals surface area contributed by atoms with Gasteiger partial charge in [-0.2, -0.15) is 0 Å². The first-order valence-corrected chi connectivity index (χ1v) is 10.5. The molecule has 0 nitrogen and oxygen atoms in total. The van der Waals surface area contributed by atoms with Crippen molar-refractivity contribution in [2.24, 2.45) is 0 Å². The van der Waals surface area contributed by atoms with Crippen molar-refractivity contribution in [2.75, 3.05) is 0 Å². The number of hydrogen-bond acceptors (Lipinski definition) is 0. The summed E-state index contributed by atoms with van der Waals surface area (Å²) in [6.07, 6.45) is 0. The minimum Gasteiger partial charge on any atom is -0.0616 e. The zero-order chi connectivity index (χ0) is 19.7. The maximum Gasteiger partial charge on any atom is -0.00139 e. The third-order valence-electron chi connectivity index (χ3n) is 6.60. The molecule has 0 N–H and O–H groups in total. The van der Waals surface area contributed by atoms with Gasteiger partial charge in [0.05, 0.1) is 0 Å². The molecule has 0 bridgehead atoms. The molecule has 0 aliphatic rings. The Labute approximate surface area is 174 Å². The molecule has 7 aromatic rings. The molecule has 138 valence electrons. The van der Waals surface area contributed by atoms with Gasteiger partial charge in [0.1, 0.15) is 0 Å². The van der Waals surface area contributed by atoms with Crippen LogP contribution < -0.4 is 0 Å². The van der Waals surface area contributed by atoms with Crippen LogP contribution in [0.3, 0.4) is 0 Å². The van der Waals surface area contributed by atoms with Crippen molar-refractivity contribution in [1.29, 1.82) is 0 Å². The SMILES string of the molecule is c1ccc2c(c1)ccc1ccc3ccc4c5ccccc5c5ccccc5c4c3c12. The smallest absolute Gasteiger partial charge is 0.00139 e. The summed E-state index contributed by atoms with van der Waals surface area (Å²) < 4.78 is 0. The fraction of sp³-hybridized carbons (Fsp3) is 0. The maximum absolute atomic E-state index is 2.31. The molecule has 7 rings (SSSR count). The van der Waals surface area contributed by atoms with Gasteiger partial charge >= 0.3 is 0 Å². The molecule has 0 unspecified atom stereocenters. The summed E-state index contributed by atoms with van der Waals surface area (Å²) >= 11 is 0. The van der Waals surface area contributed by atoms with E-state index in [-0.39, 0.29) is 0 Å². The topological polar surface area (TPSA) is 0 Å². The zero-order valence-corrected chi connectivity index (χ0v) is 16.4. The lowest BCUT2D eigenvalue weighted by molar-refractivity contribution is 1.78. The van der Waals surface area contributed by atoms with Gasteiger partial charge in [-0.3, -0.25) is 0 Å². The second-order valence-electron chi connectivity index (χ2n) is 8.13. The summed E-state index contributed by atoms with van der Waals surface area (Å²) in [6, 6.07) is 40.1. The summed E-state index contributed by atoms with van der Waals surface area (Å²) in [6.45, 7) is 0.